The Kier molecular flexibility index (Phi) is 7.99. The fourth-order valence-electron chi connectivity index (χ4n) is 3.41. The van der Waals surface area contributed by atoms with E-state index in [1.54, 1.807) is 53.1 Å². The molecule has 0 radical (unpaired) electrons. The fourth-order valence-corrected chi connectivity index (χ4v) is 3.54. The Morgan fingerprint density at radius 2 is 1.74 bits per heavy atom. The molecule has 1 N–H and O–H groups in total. The third-order valence-corrected chi connectivity index (χ3v) is 5.52. The number of hydrogen-bond donors (Lipinski definition) is 1. The molecule has 0 spiro atoms. The molecule has 0 aliphatic rings. The highest BCUT2D eigenvalue weighted by molar-refractivity contribution is 6.30. The lowest BCUT2D eigenvalue weighted by molar-refractivity contribution is -0.116. The second-order valence-electron chi connectivity index (χ2n) is 9.06. The number of anilines is 1. The normalized spacial score (nSPS) is 11.2. The van der Waals surface area contributed by atoms with Crippen molar-refractivity contribution < 1.29 is 14.3 Å². The van der Waals surface area contributed by atoms with Gasteiger partial charge in [0.25, 0.3) is 5.91 Å². The van der Waals surface area contributed by atoms with Crippen molar-refractivity contribution in [3.8, 4) is 11.4 Å². The molecule has 8 heteroatoms. The van der Waals surface area contributed by atoms with Crippen LogP contribution in [0.2, 0.25) is 5.02 Å². The molecular formula is C26H31ClN4O3. The number of methoxy groups -OCH3 is 1. The van der Waals surface area contributed by atoms with Crippen molar-refractivity contribution in [2.45, 2.75) is 39.5 Å². The Hall–Kier alpha value is -3.32. The number of benzene rings is 2. The number of rotatable bonds is 8. The van der Waals surface area contributed by atoms with Gasteiger partial charge in [-0.15, -0.1) is 0 Å². The summed E-state index contributed by atoms with van der Waals surface area (Å²) in [6.45, 7) is 8.53. The van der Waals surface area contributed by atoms with Crippen molar-refractivity contribution in [1.82, 2.24) is 14.7 Å². The van der Waals surface area contributed by atoms with Crippen molar-refractivity contribution in [2.24, 2.45) is 0 Å². The molecule has 3 rings (SSSR count). The van der Waals surface area contributed by atoms with Crippen LogP contribution in [0, 0.1) is 0 Å². The van der Waals surface area contributed by atoms with Crippen LogP contribution in [0.1, 0.15) is 50.2 Å². The molecule has 0 fully saturated rings. The monoisotopic (exact) mass is 482 g/mol. The van der Waals surface area contributed by atoms with E-state index >= 15 is 0 Å². The maximum atomic E-state index is 13.1. The molecule has 0 bridgehead atoms. The van der Waals surface area contributed by atoms with Crippen molar-refractivity contribution in [3.05, 3.63) is 70.9 Å². The summed E-state index contributed by atoms with van der Waals surface area (Å²) in [7, 11) is 1.57. The zero-order valence-corrected chi connectivity index (χ0v) is 21.0. The minimum Gasteiger partial charge on any atom is -0.497 e. The summed E-state index contributed by atoms with van der Waals surface area (Å²) >= 11 is 6.04. The molecule has 1 heterocycles. The van der Waals surface area contributed by atoms with Gasteiger partial charge in [-0.25, -0.2) is 4.68 Å². The minimum atomic E-state index is -0.300. The maximum absolute atomic E-state index is 13.1. The molecule has 2 amide bonds. The predicted molar refractivity (Wildman–Crippen MR) is 135 cm³/mol. The Morgan fingerprint density at radius 1 is 1.09 bits per heavy atom. The van der Waals surface area contributed by atoms with E-state index in [0.717, 1.165) is 17.8 Å². The molecule has 1 aromatic heterocycles. The van der Waals surface area contributed by atoms with Gasteiger partial charge in [-0.3, -0.25) is 9.59 Å². The molecule has 0 aliphatic heterocycles. The van der Waals surface area contributed by atoms with Crippen LogP contribution < -0.4 is 10.1 Å². The van der Waals surface area contributed by atoms with Crippen molar-refractivity contribution in [3.63, 3.8) is 0 Å². The lowest BCUT2D eigenvalue weighted by Crippen LogP contribution is -2.38. The molecular weight excluding hydrogens is 452 g/mol. The second-order valence-corrected chi connectivity index (χ2v) is 9.49. The minimum absolute atomic E-state index is 0.0741. The van der Waals surface area contributed by atoms with E-state index < -0.39 is 0 Å². The van der Waals surface area contributed by atoms with Gasteiger partial charge in [0.1, 0.15) is 18.1 Å². The number of halogens is 1. The quantitative estimate of drug-likeness (QED) is 0.471. The van der Waals surface area contributed by atoms with Gasteiger partial charge in [0, 0.05) is 28.6 Å². The van der Waals surface area contributed by atoms with Crippen LogP contribution in [0.3, 0.4) is 0 Å². The van der Waals surface area contributed by atoms with Gasteiger partial charge in [0.05, 0.1) is 18.5 Å². The molecule has 7 nitrogen and oxygen atoms in total. The van der Waals surface area contributed by atoms with Crippen molar-refractivity contribution >= 4 is 29.2 Å². The number of aromatic nitrogens is 2. The van der Waals surface area contributed by atoms with Crippen LogP contribution in [-0.4, -0.2) is 46.7 Å². The van der Waals surface area contributed by atoms with E-state index in [4.69, 9.17) is 21.4 Å². The summed E-state index contributed by atoms with van der Waals surface area (Å²) in [4.78, 5) is 27.6. The van der Waals surface area contributed by atoms with Gasteiger partial charge in [-0.1, -0.05) is 39.3 Å². The molecule has 0 saturated carbocycles. The van der Waals surface area contributed by atoms with Gasteiger partial charge in [0.2, 0.25) is 5.91 Å². The SMILES string of the molecule is CCCN(CC(=O)Nc1cc(C(C)(C)C)nn1-c1ccc(Cl)cc1)C(=O)c1ccc(OC)cc1. The number of carbonyl (C=O) groups is 2. The van der Waals surface area contributed by atoms with Crippen molar-refractivity contribution in [2.75, 3.05) is 25.5 Å². The van der Waals surface area contributed by atoms with Gasteiger partial charge in [-0.05, 0) is 55.0 Å². The third-order valence-electron chi connectivity index (χ3n) is 5.27. The van der Waals surface area contributed by atoms with Crippen molar-refractivity contribution in [1.29, 1.82) is 0 Å². The van der Waals surface area contributed by atoms with Crippen LogP contribution in [-0.2, 0) is 10.2 Å². The van der Waals surface area contributed by atoms with E-state index in [1.807, 2.05) is 25.1 Å². The van der Waals surface area contributed by atoms with Gasteiger partial charge in [0.15, 0.2) is 0 Å². The summed E-state index contributed by atoms with van der Waals surface area (Å²) in [6, 6.07) is 16.0. The largest absolute Gasteiger partial charge is 0.497 e. The highest BCUT2D eigenvalue weighted by atomic mass is 35.5. The summed E-state index contributed by atoms with van der Waals surface area (Å²) in [5.74, 6) is 0.694. The van der Waals surface area contributed by atoms with Crippen LogP contribution in [0.25, 0.3) is 5.69 Å². The van der Waals surface area contributed by atoms with E-state index in [-0.39, 0.29) is 23.8 Å². The van der Waals surface area contributed by atoms with E-state index in [9.17, 15) is 9.59 Å². The first-order valence-corrected chi connectivity index (χ1v) is 11.6. The first-order chi connectivity index (χ1) is 16.1. The van der Waals surface area contributed by atoms with Crippen LogP contribution in [0.4, 0.5) is 5.82 Å². The standard InChI is InChI=1S/C26H31ClN4O3/c1-6-15-30(25(33)18-7-13-21(34-5)14-8-18)17-24(32)28-23-16-22(26(2,3)4)29-31(23)20-11-9-19(27)10-12-20/h7-14,16H,6,15,17H2,1-5H3,(H,28,32). The summed E-state index contributed by atoms with van der Waals surface area (Å²) < 4.78 is 6.85. The second kappa shape index (κ2) is 10.7. The number of nitrogens with one attached hydrogen (secondary N) is 1. The molecule has 180 valence electrons. The van der Waals surface area contributed by atoms with Crippen LogP contribution in [0.15, 0.2) is 54.6 Å². The average Bonchev–Trinajstić information content (AvgIpc) is 3.23. The number of nitrogens with zero attached hydrogens (tertiary/aromatic N) is 3. The maximum Gasteiger partial charge on any atom is 0.254 e. The smallest absolute Gasteiger partial charge is 0.254 e. The van der Waals surface area contributed by atoms with Gasteiger partial charge < -0.3 is 15.0 Å². The predicted octanol–water partition coefficient (Wildman–Crippen LogP) is 5.32. The first kappa shape index (κ1) is 25.3. The highest BCUT2D eigenvalue weighted by Crippen LogP contribution is 2.27. The topological polar surface area (TPSA) is 76.5 Å². The van der Waals surface area contributed by atoms with Gasteiger partial charge >= 0.3 is 0 Å². The Bertz CT molecular complexity index is 1130. The van der Waals surface area contributed by atoms with E-state index in [2.05, 4.69) is 26.1 Å². The average molecular weight is 483 g/mol. The molecule has 3 aromatic rings. The molecule has 0 saturated heterocycles. The Labute approximate surface area is 205 Å². The highest BCUT2D eigenvalue weighted by Gasteiger charge is 2.23. The molecule has 34 heavy (non-hydrogen) atoms. The molecule has 0 unspecified atom stereocenters. The summed E-state index contributed by atoms with van der Waals surface area (Å²) in [5.41, 5.74) is 1.89. The van der Waals surface area contributed by atoms with Crippen LogP contribution >= 0.6 is 11.6 Å². The fraction of sp³-hybridized carbons (Fsp3) is 0.346. The Balaban J connectivity index is 1.83. The van der Waals surface area contributed by atoms with Gasteiger partial charge in [-0.2, -0.15) is 5.10 Å². The lowest BCUT2D eigenvalue weighted by atomic mass is 9.92. The van der Waals surface area contributed by atoms with E-state index in [0.29, 0.717) is 28.7 Å². The summed E-state index contributed by atoms with van der Waals surface area (Å²) in [6.07, 6.45) is 0.728. The molecule has 0 aliphatic carbocycles. The number of hydrogen-bond acceptors (Lipinski definition) is 4. The van der Waals surface area contributed by atoms with E-state index in [1.165, 1.54) is 0 Å². The molecule has 2 aromatic carbocycles. The number of ether oxygens (including phenoxy) is 1. The Morgan fingerprint density at radius 3 is 2.29 bits per heavy atom. The first-order valence-electron chi connectivity index (χ1n) is 11.2. The van der Waals surface area contributed by atoms with Crippen LogP contribution in [0.5, 0.6) is 5.75 Å². The lowest BCUT2D eigenvalue weighted by Gasteiger charge is -2.22. The summed E-state index contributed by atoms with van der Waals surface area (Å²) in [5, 5.41) is 8.28. The zero-order chi connectivity index (χ0) is 24.9. The molecule has 0 atom stereocenters. The number of amides is 2. The third kappa shape index (κ3) is 6.17. The zero-order valence-electron chi connectivity index (χ0n) is 20.3. The number of carbonyl (C=O) groups excluding carboxylic acids is 2.